The van der Waals surface area contributed by atoms with Crippen LogP contribution in [0, 0.1) is 5.82 Å². The van der Waals surface area contributed by atoms with Crippen molar-refractivity contribution in [1.29, 1.82) is 0 Å². The van der Waals surface area contributed by atoms with E-state index >= 15 is 0 Å². The minimum Gasteiger partial charge on any atom is -0.478 e. The first-order chi connectivity index (χ1) is 9.56. The summed E-state index contributed by atoms with van der Waals surface area (Å²) in [7, 11) is 0. The van der Waals surface area contributed by atoms with E-state index < -0.39 is 11.8 Å². The molecule has 2 aromatic carbocycles. The Hall–Kier alpha value is -2.21. The molecule has 0 bridgehead atoms. The lowest BCUT2D eigenvalue weighted by atomic mass is 10.1. The van der Waals surface area contributed by atoms with E-state index in [0.717, 1.165) is 0 Å². The number of aromatic nitrogens is 2. The van der Waals surface area contributed by atoms with Crippen LogP contribution >= 0.6 is 15.9 Å². The van der Waals surface area contributed by atoms with Gasteiger partial charge in [0.15, 0.2) is 0 Å². The molecular weight excluding hydrogens is 327 g/mol. The van der Waals surface area contributed by atoms with Crippen LogP contribution < -0.4 is 0 Å². The lowest BCUT2D eigenvalue weighted by Crippen LogP contribution is -1.99. The summed E-state index contributed by atoms with van der Waals surface area (Å²) in [4.78, 5) is 18.5. The number of nitrogens with one attached hydrogen (secondary N) is 1. The number of fused-ring (bicyclic) bond motifs is 1. The molecule has 0 aliphatic rings. The van der Waals surface area contributed by atoms with Crippen LogP contribution in [0.25, 0.3) is 22.4 Å². The van der Waals surface area contributed by atoms with Gasteiger partial charge in [-0.3, -0.25) is 0 Å². The number of aromatic amines is 1. The topological polar surface area (TPSA) is 66.0 Å². The van der Waals surface area contributed by atoms with Gasteiger partial charge in [0.25, 0.3) is 0 Å². The summed E-state index contributed by atoms with van der Waals surface area (Å²) in [6.45, 7) is 0. The lowest BCUT2D eigenvalue weighted by molar-refractivity contribution is 0.0697. The van der Waals surface area contributed by atoms with Gasteiger partial charge in [0, 0.05) is 11.6 Å². The van der Waals surface area contributed by atoms with Crippen molar-refractivity contribution in [3.05, 3.63) is 52.3 Å². The number of aromatic carboxylic acids is 1. The highest BCUT2D eigenvalue weighted by Gasteiger charge is 2.15. The Bertz CT molecular complexity index is 790. The molecule has 0 aliphatic carbocycles. The van der Waals surface area contributed by atoms with Gasteiger partial charge in [-0.25, -0.2) is 14.2 Å². The van der Waals surface area contributed by atoms with Gasteiger partial charge in [-0.15, -0.1) is 0 Å². The zero-order valence-corrected chi connectivity index (χ0v) is 11.6. The molecule has 0 atom stereocenters. The maximum absolute atomic E-state index is 13.5. The molecule has 1 aromatic heterocycles. The van der Waals surface area contributed by atoms with E-state index in [2.05, 4.69) is 25.9 Å². The Kier molecular flexibility index (Phi) is 3.02. The van der Waals surface area contributed by atoms with Gasteiger partial charge in [0.1, 0.15) is 11.6 Å². The molecule has 0 fully saturated rings. The molecule has 4 nitrogen and oxygen atoms in total. The zero-order chi connectivity index (χ0) is 14.3. The van der Waals surface area contributed by atoms with E-state index in [4.69, 9.17) is 0 Å². The number of nitrogens with zero attached hydrogens (tertiary/aromatic N) is 1. The van der Waals surface area contributed by atoms with Crippen LogP contribution in [0.3, 0.4) is 0 Å². The number of halogens is 2. The molecule has 1 heterocycles. The average Bonchev–Trinajstić information content (AvgIpc) is 2.82. The highest BCUT2D eigenvalue weighted by Crippen LogP contribution is 2.27. The van der Waals surface area contributed by atoms with Crippen LogP contribution in [0.2, 0.25) is 0 Å². The zero-order valence-electron chi connectivity index (χ0n) is 10.0. The van der Waals surface area contributed by atoms with Crippen molar-refractivity contribution in [1.82, 2.24) is 9.97 Å². The highest BCUT2D eigenvalue weighted by molar-refractivity contribution is 9.10. The Morgan fingerprint density at radius 1 is 1.30 bits per heavy atom. The highest BCUT2D eigenvalue weighted by atomic mass is 79.9. The molecule has 100 valence electrons. The number of carboxylic acids is 1. The van der Waals surface area contributed by atoms with Crippen LogP contribution in [0.5, 0.6) is 0 Å². The van der Waals surface area contributed by atoms with Crippen molar-refractivity contribution in [2.45, 2.75) is 0 Å². The van der Waals surface area contributed by atoms with Crippen molar-refractivity contribution in [3.63, 3.8) is 0 Å². The second kappa shape index (κ2) is 4.72. The summed E-state index contributed by atoms with van der Waals surface area (Å²) < 4.78 is 13.8. The molecule has 0 radical (unpaired) electrons. The van der Waals surface area contributed by atoms with Crippen LogP contribution in [0.1, 0.15) is 10.4 Å². The van der Waals surface area contributed by atoms with Gasteiger partial charge in [-0.2, -0.15) is 0 Å². The molecular formula is C14H8BrFN2O2. The smallest absolute Gasteiger partial charge is 0.336 e. The number of carbonyl (C=O) groups is 1. The fourth-order valence-electron chi connectivity index (χ4n) is 2.01. The van der Waals surface area contributed by atoms with Crippen molar-refractivity contribution < 1.29 is 14.3 Å². The number of hydrogen-bond acceptors (Lipinski definition) is 2. The molecule has 0 amide bonds. The maximum Gasteiger partial charge on any atom is 0.336 e. The summed E-state index contributed by atoms with van der Waals surface area (Å²) in [5.41, 5.74) is 1.69. The molecule has 0 saturated carbocycles. The van der Waals surface area contributed by atoms with E-state index in [1.165, 1.54) is 12.1 Å². The third-order valence-electron chi connectivity index (χ3n) is 2.94. The fraction of sp³-hybridized carbons (Fsp3) is 0. The van der Waals surface area contributed by atoms with Crippen molar-refractivity contribution in [3.8, 4) is 11.4 Å². The summed E-state index contributed by atoms with van der Waals surface area (Å²) in [5.74, 6) is -1.04. The molecule has 3 aromatic rings. The van der Waals surface area contributed by atoms with Crippen LogP contribution in [-0.4, -0.2) is 21.0 Å². The van der Waals surface area contributed by atoms with Gasteiger partial charge in [-0.1, -0.05) is 18.2 Å². The molecule has 0 unspecified atom stereocenters. The second-order valence-electron chi connectivity index (χ2n) is 4.22. The largest absolute Gasteiger partial charge is 0.478 e. The molecule has 20 heavy (non-hydrogen) atoms. The Labute approximate surface area is 121 Å². The Morgan fingerprint density at radius 2 is 2.05 bits per heavy atom. The van der Waals surface area contributed by atoms with Crippen LogP contribution in [-0.2, 0) is 0 Å². The van der Waals surface area contributed by atoms with Crippen molar-refractivity contribution >= 4 is 32.9 Å². The SMILES string of the molecule is O=C(O)c1ccccc1-c1nc2cc(Br)c(F)cc2[nH]1. The Morgan fingerprint density at radius 3 is 2.80 bits per heavy atom. The number of benzene rings is 2. The first-order valence-electron chi connectivity index (χ1n) is 5.73. The van der Waals surface area contributed by atoms with E-state index in [-0.39, 0.29) is 5.56 Å². The van der Waals surface area contributed by atoms with Gasteiger partial charge in [0.05, 0.1) is 21.1 Å². The summed E-state index contributed by atoms with van der Waals surface area (Å²) in [5, 5.41) is 9.18. The van der Waals surface area contributed by atoms with Gasteiger partial charge >= 0.3 is 5.97 Å². The number of H-pyrrole nitrogens is 1. The molecule has 3 rings (SSSR count). The van der Waals surface area contributed by atoms with Crippen molar-refractivity contribution in [2.24, 2.45) is 0 Å². The quantitative estimate of drug-likeness (QED) is 0.748. The van der Waals surface area contributed by atoms with E-state index in [0.29, 0.717) is 26.9 Å². The third kappa shape index (κ3) is 2.08. The summed E-state index contributed by atoms with van der Waals surface area (Å²) in [6.07, 6.45) is 0. The molecule has 0 aliphatic heterocycles. The molecule has 2 N–H and O–H groups in total. The van der Waals surface area contributed by atoms with Crippen LogP contribution in [0.4, 0.5) is 4.39 Å². The number of rotatable bonds is 2. The van der Waals surface area contributed by atoms with E-state index in [1.54, 1.807) is 24.3 Å². The molecule has 0 spiro atoms. The van der Waals surface area contributed by atoms with Gasteiger partial charge in [0.2, 0.25) is 0 Å². The number of imidazole rings is 1. The number of carboxylic acid groups (broad SMARTS) is 1. The predicted molar refractivity (Wildman–Crippen MR) is 76.1 cm³/mol. The minimum absolute atomic E-state index is 0.145. The normalized spacial score (nSPS) is 10.9. The first kappa shape index (κ1) is 12.8. The number of hydrogen-bond donors (Lipinski definition) is 2. The summed E-state index contributed by atoms with van der Waals surface area (Å²) >= 11 is 3.10. The second-order valence-corrected chi connectivity index (χ2v) is 5.07. The Balaban J connectivity index is 2.23. The third-order valence-corrected chi connectivity index (χ3v) is 3.54. The summed E-state index contributed by atoms with van der Waals surface area (Å²) in [6, 6.07) is 9.40. The predicted octanol–water partition coefficient (Wildman–Crippen LogP) is 3.83. The molecule has 6 heteroatoms. The lowest BCUT2D eigenvalue weighted by Gasteiger charge is -2.01. The minimum atomic E-state index is -1.03. The standard InChI is InChI=1S/C14H8BrFN2O2/c15-9-5-11-12(6-10(9)16)18-13(17-11)7-3-1-2-4-8(7)14(19)20/h1-6H,(H,17,18)(H,19,20). The van der Waals surface area contributed by atoms with E-state index in [1.807, 2.05) is 0 Å². The van der Waals surface area contributed by atoms with Gasteiger partial charge in [-0.05, 0) is 28.1 Å². The fourth-order valence-corrected chi connectivity index (χ4v) is 2.34. The first-order valence-corrected chi connectivity index (χ1v) is 6.53. The van der Waals surface area contributed by atoms with Crippen molar-refractivity contribution in [2.75, 3.05) is 0 Å². The monoisotopic (exact) mass is 334 g/mol. The maximum atomic E-state index is 13.5. The molecule has 0 saturated heterocycles. The van der Waals surface area contributed by atoms with Gasteiger partial charge < -0.3 is 10.1 Å². The van der Waals surface area contributed by atoms with Crippen LogP contribution in [0.15, 0.2) is 40.9 Å². The van der Waals surface area contributed by atoms with E-state index in [9.17, 15) is 14.3 Å². The average molecular weight is 335 g/mol.